The first-order valence-electron chi connectivity index (χ1n) is 18.9. The number of rotatable bonds is 26. The molecule has 2 rings (SSSR count). The number of halogens is 1. The highest BCUT2D eigenvalue weighted by Gasteiger charge is 2.47. The molecule has 0 bridgehead atoms. The molecule has 1 aliphatic rings. The van der Waals surface area contributed by atoms with Crippen molar-refractivity contribution in [2.45, 2.75) is 114 Å². The van der Waals surface area contributed by atoms with E-state index in [2.05, 4.69) is 31.6 Å². The molecule has 14 N–H and O–H groups in total. The van der Waals surface area contributed by atoms with Crippen molar-refractivity contribution in [3.05, 3.63) is 11.9 Å². The Morgan fingerprint density at radius 3 is 1.95 bits per heavy atom. The second-order valence-electron chi connectivity index (χ2n) is 14.3. The van der Waals surface area contributed by atoms with Crippen molar-refractivity contribution in [2.75, 3.05) is 19.8 Å². The van der Waals surface area contributed by atoms with E-state index in [0.717, 1.165) is 4.68 Å². The van der Waals surface area contributed by atoms with Crippen LogP contribution in [0.3, 0.4) is 0 Å². The van der Waals surface area contributed by atoms with E-state index < -0.39 is 172 Å². The Bertz CT molecular complexity index is 1800. The number of aliphatic hydroxyl groups excluding tert-OH is 3. The molecule has 1 saturated heterocycles. The Kier molecular flexibility index (Phi) is 20.7. The number of amides is 7. The highest BCUT2D eigenvalue weighted by atomic mass is 18.2. The van der Waals surface area contributed by atoms with Gasteiger partial charge < -0.3 is 73.0 Å². The minimum Gasteiger partial charge on any atom is -0.481 e. The topological polar surface area (TPSA) is 430 Å². The third kappa shape index (κ3) is 16.9. The summed E-state index contributed by atoms with van der Waals surface area (Å²) in [5.74, 6) is -13.5. The molecule has 5 unspecified atom stereocenters. The molecule has 0 spiro atoms. The van der Waals surface area contributed by atoms with Gasteiger partial charge in [-0.25, -0.2) is 4.68 Å². The van der Waals surface area contributed by atoms with Gasteiger partial charge >= 0.3 is 17.9 Å². The summed E-state index contributed by atoms with van der Waals surface area (Å²) >= 11 is 0. The smallest absolute Gasteiger partial charge is 0.305 e. The van der Waals surface area contributed by atoms with Gasteiger partial charge in [0.05, 0.1) is 31.8 Å². The minimum atomic E-state index is -2.18. The fraction of sp³-hybridized carbons (Fsp3) is 0.647. The molecule has 1 aromatic rings. The lowest BCUT2D eigenvalue weighted by atomic mass is 9.94. The second kappa shape index (κ2) is 24.8. The van der Waals surface area contributed by atoms with E-state index >= 15 is 0 Å². The van der Waals surface area contributed by atoms with Gasteiger partial charge in [0, 0.05) is 19.2 Å². The lowest BCUT2D eigenvalue weighted by Gasteiger charge is -2.40. The van der Waals surface area contributed by atoms with Crippen LogP contribution in [-0.4, -0.2) is 179 Å². The SMILES string of the molecule is CC(C)[C@H](NC(=O)[C@H](CCC(=O)O)NC(=O)[C@H](CC(=O)O)NC(=O)C1OC(CNC(=O)Cn2cc(CCC[18F])nn2)C(O)C(O)C1O)C(=O)N[C@@H](CC(=O)O)C(=O)NCC(N)=O. The van der Waals surface area contributed by atoms with Crippen molar-refractivity contribution in [1.82, 2.24) is 46.9 Å². The van der Waals surface area contributed by atoms with Crippen LogP contribution in [0.1, 0.15) is 51.6 Å². The van der Waals surface area contributed by atoms with Crippen molar-refractivity contribution < 1.29 is 87.7 Å². The standard InChI is InChI=1S/C34H51FN10O17/c1-14(2)25(33(60)40-17(8-23(50)51)30(57)38-11-20(36)46)42-31(58)16(5-6-22(48)49)39-32(59)18(9-24(52)53)41-34(61)29-28(56)27(55)26(54)19(62-29)10-37-21(47)13-45-12-15(43-44-45)4-3-7-35/h12,14,16-19,25-29,54-56H,3-11,13H2,1-2H3,(H2,36,46)(H,37,47)(H,38,57)(H,39,59)(H,40,60)(H,41,61)(H,42,58)(H,48,49)(H,50,51)(H,52,53)/t16-,17-,18-,19?,25-,26?,27?,28?,29?/m0/s1/i35-1. The van der Waals surface area contributed by atoms with Gasteiger partial charge in [-0.05, 0) is 25.2 Å². The first-order chi connectivity index (χ1) is 29.0. The number of nitrogens with two attached hydrogens (primary N) is 1. The number of hydrogen-bond donors (Lipinski definition) is 13. The van der Waals surface area contributed by atoms with Crippen LogP contribution in [0.15, 0.2) is 6.20 Å². The summed E-state index contributed by atoms with van der Waals surface area (Å²) in [6.07, 6.45) is -11.6. The largest absolute Gasteiger partial charge is 0.481 e. The first-order valence-corrected chi connectivity index (χ1v) is 18.9. The highest BCUT2D eigenvalue weighted by molar-refractivity contribution is 5.98. The number of nitrogens with one attached hydrogen (secondary N) is 6. The van der Waals surface area contributed by atoms with E-state index in [1.54, 1.807) is 0 Å². The van der Waals surface area contributed by atoms with Gasteiger partial charge in [0.15, 0.2) is 6.10 Å². The monoisotopic (exact) mass is 889 g/mol. The molecular formula is C34H51FN10O17. The maximum Gasteiger partial charge on any atom is 0.305 e. The molecular weight excluding hydrogens is 838 g/mol. The van der Waals surface area contributed by atoms with Gasteiger partial charge in [-0.2, -0.15) is 0 Å². The van der Waals surface area contributed by atoms with Crippen molar-refractivity contribution in [2.24, 2.45) is 11.7 Å². The predicted molar refractivity (Wildman–Crippen MR) is 200 cm³/mol. The number of alkyl halides is 1. The Hall–Kier alpha value is -6.39. The molecule has 1 fully saturated rings. The molecule has 0 aromatic carbocycles. The van der Waals surface area contributed by atoms with Gasteiger partial charge in [0.2, 0.25) is 35.4 Å². The number of primary amides is 1. The molecule has 0 aliphatic carbocycles. The van der Waals surface area contributed by atoms with E-state index in [-0.39, 0.29) is 12.8 Å². The van der Waals surface area contributed by atoms with Crippen LogP contribution in [0.5, 0.6) is 0 Å². The van der Waals surface area contributed by atoms with Gasteiger partial charge in [-0.1, -0.05) is 19.1 Å². The predicted octanol–water partition coefficient (Wildman–Crippen LogP) is -6.84. The van der Waals surface area contributed by atoms with Crippen LogP contribution in [0.2, 0.25) is 0 Å². The van der Waals surface area contributed by atoms with Crippen LogP contribution >= 0.6 is 0 Å². The van der Waals surface area contributed by atoms with E-state index in [0.29, 0.717) is 5.69 Å². The van der Waals surface area contributed by atoms with Gasteiger partial charge in [0.25, 0.3) is 5.91 Å². The second-order valence-corrected chi connectivity index (χ2v) is 14.3. The van der Waals surface area contributed by atoms with Gasteiger partial charge in [-0.3, -0.25) is 52.3 Å². The number of carboxylic acid groups (broad SMARTS) is 3. The summed E-state index contributed by atoms with van der Waals surface area (Å²) in [6, 6.07) is -7.30. The number of carbonyl (C=O) groups is 10. The molecule has 346 valence electrons. The first kappa shape index (κ1) is 51.8. The fourth-order valence-electron chi connectivity index (χ4n) is 5.71. The summed E-state index contributed by atoms with van der Waals surface area (Å²) in [5.41, 5.74) is 5.40. The number of ether oxygens (including phenoxy) is 1. The van der Waals surface area contributed by atoms with Crippen LogP contribution in [0.25, 0.3) is 0 Å². The quantitative estimate of drug-likeness (QED) is 0.0411. The zero-order valence-electron chi connectivity index (χ0n) is 33.4. The number of aliphatic carboxylic acids is 3. The Labute approximate surface area is 350 Å². The number of aliphatic hydroxyl groups is 3. The van der Waals surface area contributed by atoms with Crippen LogP contribution in [0.4, 0.5) is 4.39 Å². The van der Waals surface area contributed by atoms with E-state index in [4.69, 9.17) is 10.5 Å². The normalized spacial score (nSPS) is 20.3. The van der Waals surface area contributed by atoms with E-state index in [1.807, 2.05) is 10.6 Å². The van der Waals surface area contributed by atoms with Crippen molar-refractivity contribution in [3.63, 3.8) is 0 Å². The summed E-state index contributed by atoms with van der Waals surface area (Å²) in [7, 11) is 0. The molecule has 1 aromatic heterocycles. The number of hydrogen-bond acceptors (Lipinski definition) is 16. The van der Waals surface area contributed by atoms with Crippen LogP contribution in [-0.2, 0) is 65.6 Å². The molecule has 0 radical (unpaired) electrons. The highest BCUT2D eigenvalue weighted by Crippen LogP contribution is 2.22. The van der Waals surface area contributed by atoms with Gasteiger partial charge in [-0.15, -0.1) is 5.10 Å². The summed E-state index contributed by atoms with van der Waals surface area (Å²) in [5, 5.41) is 80.2. The van der Waals surface area contributed by atoms with E-state index in [9.17, 15) is 83.0 Å². The molecule has 28 heteroatoms. The average molecular weight is 890 g/mol. The van der Waals surface area contributed by atoms with Crippen molar-refractivity contribution >= 4 is 59.3 Å². The number of carbonyl (C=O) groups excluding carboxylic acids is 7. The number of aryl methyl sites for hydroxylation is 1. The lowest BCUT2D eigenvalue weighted by molar-refractivity contribution is -0.219. The molecule has 0 saturated carbocycles. The van der Waals surface area contributed by atoms with Gasteiger partial charge in [0.1, 0.15) is 55.1 Å². The molecule has 2 heterocycles. The number of nitrogens with zero attached hydrogens (tertiary/aromatic N) is 3. The van der Waals surface area contributed by atoms with Crippen LogP contribution < -0.4 is 37.6 Å². The Morgan fingerprint density at radius 1 is 0.790 bits per heavy atom. The Balaban J connectivity index is 2.23. The minimum absolute atomic E-state index is 0.186. The maximum absolute atomic E-state index is 13.5. The fourth-order valence-corrected chi connectivity index (χ4v) is 5.71. The lowest BCUT2D eigenvalue weighted by Crippen LogP contribution is -2.65. The number of carboxylic acids is 3. The zero-order valence-corrected chi connectivity index (χ0v) is 33.4. The zero-order chi connectivity index (χ0) is 46.8. The summed E-state index contributed by atoms with van der Waals surface area (Å²) in [6.45, 7) is 0.577. The van der Waals surface area contributed by atoms with Crippen molar-refractivity contribution in [3.8, 4) is 0 Å². The summed E-state index contributed by atoms with van der Waals surface area (Å²) in [4.78, 5) is 124. The third-order valence-corrected chi connectivity index (χ3v) is 8.92. The molecule has 9 atom stereocenters. The van der Waals surface area contributed by atoms with Crippen molar-refractivity contribution in [1.29, 1.82) is 0 Å². The molecule has 62 heavy (non-hydrogen) atoms. The van der Waals surface area contributed by atoms with Crippen LogP contribution in [0, 0.1) is 5.92 Å². The molecule has 7 amide bonds. The third-order valence-electron chi connectivity index (χ3n) is 8.92. The maximum atomic E-state index is 13.5. The van der Waals surface area contributed by atoms with E-state index in [1.165, 1.54) is 20.0 Å². The number of aromatic nitrogens is 3. The average Bonchev–Trinajstić information content (AvgIpc) is 3.63. The summed E-state index contributed by atoms with van der Waals surface area (Å²) < 4.78 is 19.0. The Morgan fingerprint density at radius 2 is 1.39 bits per heavy atom. The molecule has 1 aliphatic heterocycles. The molecule has 27 nitrogen and oxygen atoms in total.